The average molecular weight is 394 g/mol. The molecule has 0 spiro atoms. The molecule has 0 unspecified atom stereocenters. The molecule has 2 rings (SSSR count). The maximum absolute atomic E-state index is 12.6. The van der Waals surface area contributed by atoms with Crippen LogP contribution < -0.4 is 10.5 Å². The quantitative estimate of drug-likeness (QED) is 0.778. The molecule has 1 heterocycles. The molecule has 1 fully saturated rings. The largest absolute Gasteiger partial charge is 0.329 e. The lowest BCUT2D eigenvalue weighted by molar-refractivity contribution is 0.0950. The second kappa shape index (κ2) is 8.34. The van der Waals surface area contributed by atoms with E-state index in [9.17, 15) is 8.42 Å². The van der Waals surface area contributed by atoms with E-state index in [0.29, 0.717) is 18.6 Å². The van der Waals surface area contributed by atoms with E-state index in [0.717, 1.165) is 12.8 Å². The summed E-state index contributed by atoms with van der Waals surface area (Å²) < 4.78 is 27.9. The molecule has 0 aliphatic carbocycles. The van der Waals surface area contributed by atoms with Crippen LogP contribution in [0.4, 0.5) is 0 Å². The molecular weight excluding hydrogens is 369 g/mol. The van der Waals surface area contributed by atoms with Crippen LogP contribution in [0.3, 0.4) is 0 Å². The third-order valence-corrected chi connectivity index (χ3v) is 6.50. The van der Waals surface area contributed by atoms with E-state index >= 15 is 0 Å². The molecule has 8 heteroatoms. The van der Waals surface area contributed by atoms with Gasteiger partial charge in [-0.1, -0.05) is 29.6 Å². The van der Waals surface area contributed by atoms with Crippen molar-refractivity contribution in [1.82, 2.24) is 9.62 Å². The highest BCUT2D eigenvalue weighted by Crippen LogP contribution is 2.24. The fourth-order valence-corrected chi connectivity index (χ4v) is 5.19. The van der Waals surface area contributed by atoms with Gasteiger partial charge in [-0.05, 0) is 44.9 Å². The Kier molecular flexibility index (Phi) is 6.93. The highest BCUT2D eigenvalue weighted by atomic mass is 35.5. The Balaban J connectivity index is 2.13. The van der Waals surface area contributed by atoms with Gasteiger partial charge in [0.2, 0.25) is 10.0 Å². The summed E-state index contributed by atoms with van der Waals surface area (Å²) in [5.74, 6) is 0. The van der Waals surface area contributed by atoms with Crippen molar-refractivity contribution in [3.05, 3.63) is 28.2 Å². The van der Waals surface area contributed by atoms with Crippen molar-refractivity contribution in [2.24, 2.45) is 5.73 Å². The second-order valence-electron chi connectivity index (χ2n) is 6.48. The first-order chi connectivity index (χ1) is 11.2. The number of hydrogen-bond acceptors (Lipinski definition) is 4. The fourth-order valence-electron chi connectivity index (χ4n) is 3.22. The zero-order valence-corrected chi connectivity index (χ0v) is 16.3. The number of hydrogen-bond donors (Lipinski definition) is 2. The Morgan fingerprint density at radius 2 is 1.75 bits per heavy atom. The minimum Gasteiger partial charge on any atom is -0.329 e. The molecule has 1 aliphatic rings. The molecule has 1 aliphatic heterocycles. The van der Waals surface area contributed by atoms with Crippen molar-refractivity contribution < 1.29 is 8.42 Å². The second-order valence-corrected chi connectivity index (χ2v) is 9.07. The van der Waals surface area contributed by atoms with Gasteiger partial charge in [0, 0.05) is 41.3 Å². The summed E-state index contributed by atoms with van der Waals surface area (Å²) in [6.07, 6.45) is 3.45. The molecule has 0 saturated carbocycles. The fraction of sp³-hybridized carbons (Fsp3) is 0.625. The Labute approximate surface area is 154 Å². The van der Waals surface area contributed by atoms with E-state index < -0.39 is 10.0 Å². The Morgan fingerprint density at radius 3 is 2.25 bits per heavy atom. The monoisotopic (exact) mass is 393 g/mol. The maximum Gasteiger partial charge on any atom is 0.241 e. The van der Waals surface area contributed by atoms with E-state index in [1.807, 2.05) is 0 Å². The van der Waals surface area contributed by atoms with Crippen LogP contribution in [0.1, 0.15) is 33.1 Å². The molecule has 1 aromatic rings. The number of nitrogens with zero attached hydrogens (tertiary/aromatic N) is 1. The molecule has 24 heavy (non-hydrogen) atoms. The summed E-state index contributed by atoms with van der Waals surface area (Å²) >= 11 is 11.8. The predicted molar refractivity (Wildman–Crippen MR) is 99.1 cm³/mol. The van der Waals surface area contributed by atoms with Crippen molar-refractivity contribution in [2.45, 2.75) is 56.1 Å². The van der Waals surface area contributed by atoms with Crippen LogP contribution in [-0.2, 0) is 10.0 Å². The zero-order chi connectivity index (χ0) is 17.9. The number of likely N-dealkylation sites (tertiary alicyclic amines) is 1. The van der Waals surface area contributed by atoms with Gasteiger partial charge in [0.25, 0.3) is 0 Å². The predicted octanol–water partition coefficient (Wildman–Crippen LogP) is 2.86. The lowest BCUT2D eigenvalue weighted by Gasteiger charge is -2.40. The molecule has 5 nitrogen and oxygen atoms in total. The molecule has 0 bridgehead atoms. The Morgan fingerprint density at radius 1 is 1.21 bits per heavy atom. The molecule has 1 saturated heterocycles. The van der Waals surface area contributed by atoms with Gasteiger partial charge < -0.3 is 5.73 Å². The molecule has 3 atom stereocenters. The summed E-state index contributed by atoms with van der Waals surface area (Å²) in [7, 11) is -3.73. The van der Waals surface area contributed by atoms with E-state index in [1.54, 1.807) is 0 Å². The van der Waals surface area contributed by atoms with Gasteiger partial charge in [-0.15, -0.1) is 0 Å². The topological polar surface area (TPSA) is 75.4 Å². The highest BCUT2D eigenvalue weighted by Gasteiger charge is 2.28. The summed E-state index contributed by atoms with van der Waals surface area (Å²) in [4.78, 5) is 2.38. The first-order valence-corrected chi connectivity index (χ1v) is 10.4. The lowest BCUT2D eigenvalue weighted by Crippen LogP contribution is -2.53. The summed E-state index contributed by atoms with van der Waals surface area (Å²) in [5, 5.41) is 0.566. The molecule has 1 aromatic carbocycles. The number of rotatable bonds is 6. The molecular formula is C16H25Cl2N3O2S. The summed E-state index contributed by atoms with van der Waals surface area (Å²) in [5.41, 5.74) is 5.82. The number of nitrogens with one attached hydrogen (secondary N) is 1. The molecule has 136 valence electrons. The number of sulfonamides is 1. The van der Waals surface area contributed by atoms with Gasteiger partial charge in [0.15, 0.2) is 0 Å². The number of piperidine rings is 1. The lowest BCUT2D eigenvalue weighted by atomic mass is 9.97. The molecule has 0 amide bonds. The van der Waals surface area contributed by atoms with Gasteiger partial charge in [-0.25, -0.2) is 13.1 Å². The van der Waals surface area contributed by atoms with Crippen molar-refractivity contribution in [2.75, 3.05) is 13.1 Å². The normalized spacial score (nSPS) is 24.0. The van der Waals surface area contributed by atoms with E-state index in [1.165, 1.54) is 24.6 Å². The SMILES string of the molecule is C[C@@H]1CCC[C@H](C)N1C[C@@H](CN)NS(=O)(=O)c1cc(Cl)cc(Cl)c1. The van der Waals surface area contributed by atoms with Gasteiger partial charge >= 0.3 is 0 Å². The standard InChI is InChI=1S/C16H25Cl2N3O2S/c1-11-4-3-5-12(2)21(11)10-15(9-19)20-24(22,23)16-7-13(17)6-14(18)8-16/h6-8,11-12,15,20H,3-5,9-10,19H2,1-2H3/t11-,12+,15-/m1/s1. The first kappa shape index (κ1) is 19.9. The van der Waals surface area contributed by atoms with Gasteiger partial charge in [0.1, 0.15) is 0 Å². The maximum atomic E-state index is 12.6. The Hall–Kier alpha value is -0.370. The number of halogens is 2. The number of benzene rings is 1. The third kappa shape index (κ3) is 5.07. The van der Waals surface area contributed by atoms with Crippen molar-refractivity contribution in [3.63, 3.8) is 0 Å². The number of nitrogens with two attached hydrogens (primary N) is 1. The Bertz CT molecular complexity index is 639. The van der Waals surface area contributed by atoms with Gasteiger partial charge in [-0.2, -0.15) is 0 Å². The summed E-state index contributed by atoms with van der Waals surface area (Å²) in [6, 6.07) is 4.75. The molecule has 0 aromatic heterocycles. The van der Waals surface area contributed by atoms with Crippen LogP contribution >= 0.6 is 23.2 Å². The van der Waals surface area contributed by atoms with Crippen molar-refractivity contribution >= 4 is 33.2 Å². The minimum atomic E-state index is -3.73. The van der Waals surface area contributed by atoms with Crippen molar-refractivity contribution in [1.29, 1.82) is 0 Å². The third-order valence-electron chi connectivity index (χ3n) is 4.56. The van der Waals surface area contributed by atoms with E-state index in [2.05, 4.69) is 23.5 Å². The van der Waals surface area contributed by atoms with Crippen LogP contribution in [0, 0.1) is 0 Å². The van der Waals surface area contributed by atoms with Crippen LogP contribution in [0.15, 0.2) is 23.1 Å². The minimum absolute atomic E-state index is 0.0539. The van der Waals surface area contributed by atoms with Crippen LogP contribution in [0.25, 0.3) is 0 Å². The molecule has 3 N–H and O–H groups in total. The molecule has 0 radical (unpaired) electrons. The zero-order valence-electron chi connectivity index (χ0n) is 14.0. The van der Waals surface area contributed by atoms with Crippen LogP contribution in [0.5, 0.6) is 0 Å². The van der Waals surface area contributed by atoms with Crippen molar-refractivity contribution in [3.8, 4) is 0 Å². The van der Waals surface area contributed by atoms with Gasteiger partial charge in [0.05, 0.1) is 4.90 Å². The van der Waals surface area contributed by atoms with Crippen LogP contribution in [0.2, 0.25) is 10.0 Å². The summed E-state index contributed by atoms with van der Waals surface area (Å²) in [6.45, 7) is 5.17. The first-order valence-electron chi connectivity index (χ1n) is 8.17. The highest BCUT2D eigenvalue weighted by molar-refractivity contribution is 7.89. The van der Waals surface area contributed by atoms with Gasteiger partial charge in [-0.3, -0.25) is 4.90 Å². The van der Waals surface area contributed by atoms with E-state index in [-0.39, 0.29) is 27.5 Å². The smallest absolute Gasteiger partial charge is 0.241 e. The van der Waals surface area contributed by atoms with E-state index in [4.69, 9.17) is 28.9 Å². The average Bonchev–Trinajstić information content (AvgIpc) is 2.49. The van der Waals surface area contributed by atoms with Crippen LogP contribution in [-0.4, -0.2) is 44.5 Å².